The molecule has 0 saturated heterocycles. The monoisotopic (exact) mass is 233 g/mol. The van der Waals surface area contributed by atoms with Crippen LogP contribution in [-0.4, -0.2) is 12.5 Å². The molecule has 2 rings (SSSR count). The van der Waals surface area contributed by atoms with Gasteiger partial charge in [-0.25, -0.2) is 0 Å². The van der Waals surface area contributed by atoms with E-state index in [-0.39, 0.29) is 5.91 Å². The Kier molecular flexibility index (Phi) is 3.07. The van der Waals surface area contributed by atoms with E-state index in [2.05, 4.69) is 17.7 Å². The number of aryl methyl sites for hydroxylation is 1. The van der Waals surface area contributed by atoms with Crippen LogP contribution in [0, 0.1) is 12.3 Å². The summed E-state index contributed by atoms with van der Waals surface area (Å²) >= 11 is 0. The molecule has 0 atom stereocenters. The first kappa shape index (κ1) is 11.9. The highest BCUT2D eigenvalue weighted by Crippen LogP contribution is 2.44. The van der Waals surface area contributed by atoms with Crippen molar-refractivity contribution in [3.63, 3.8) is 0 Å². The first-order valence-electron chi connectivity index (χ1n) is 5.90. The molecule has 1 aromatic rings. The van der Waals surface area contributed by atoms with Crippen LogP contribution in [0.3, 0.4) is 0 Å². The quantitative estimate of drug-likeness (QED) is 0.549. The van der Waals surface area contributed by atoms with Gasteiger partial charge in [-0.1, -0.05) is 6.92 Å². The summed E-state index contributed by atoms with van der Waals surface area (Å²) in [6.45, 7) is 4.88. The third kappa shape index (κ3) is 2.77. The Labute approximate surface area is 102 Å². The molecule has 0 spiro atoms. The van der Waals surface area contributed by atoms with Gasteiger partial charge in [-0.2, -0.15) is 0 Å². The summed E-state index contributed by atoms with van der Waals surface area (Å²) in [6.07, 6.45) is 2.42. The minimum absolute atomic E-state index is 0.00945. The molecule has 0 aliphatic heterocycles. The van der Waals surface area contributed by atoms with Gasteiger partial charge < -0.3 is 10.7 Å². The van der Waals surface area contributed by atoms with E-state index in [1.165, 1.54) is 12.8 Å². The normalized spacial score (nSPS) is 16.4. The van der Waals surface area contributed by atoms with Gasteiger partial charge in [0.1, 0.15) is 0 Å². The van der Waals surface area contributed by atoms with E-state index in [0.717, 1.165) is 17.8 Å². The average Bonchev–Trinajstić information content (AvgIpc) is 3.05. The number of nitrogen functional groups attached to an aromatic ring is 1. The summed E-state index contributed by atoms with van der Waals surface area (Å²) in [7, 11) is 0. The van der Waals surface area contributed by atoms with Crippen LogP contribution in [0.25, 0.3) is 0 Å². The van der Waals surface area contributed by atoms with Crippen molar-refractivity contribution in [3.05, 3.63) is 29.3 Å². The number of benzene rings is 1. The molecule has 1 aliphatic rings. The van der Waals surface area contributed by atoms with Crippen molar-refractivity contribution in [2.24, 2.45) is 11.3 Å². The van der Waals surface area contributed by atoms with E-state index >= 15 is 0 Å². The van der Waals surface area contributed by atoms with Crippen LogP contribution >= 0.6 is 0 Å². The SMILES string of the molecule is Cc1cc(C(=O)NCC2(C)CC2)ccc1NN. The van der Waals surface area contributed by atoms with E-state index in [1.807, 2.05) is 19.1 Å². The topological polar surface area (TPSA) is 67.2 Å². The zero-order valence-electron chi connectivity index (χ0n) is 10.3. The molecule has 17 heavy (non-hydrogen) atoms. The molecule has 0 bridgehead atoms. The largest absolute Gasteiger partial charge is 0.351 e. The van der Waals surface area contributed by atoms with Crippen LogP contribution in [0.15, 0.2) is 18.2 Å². The fourth-order valence-electron chi connectivity index (χ4n) is 1.75. The Morgan fingerprint density at radius 3 is 2.71 bits per heavy atom. The minimum Gasteiger partial charge on any atom is -0.351 e. The Hall–Kier alpha value is -1.55. The van der Waals surface area contributed by atoms with Gasteiger partial charge >= 0.3 is 0 Å². The molecule has 1 amide bonds. The summed E-state index contributed by atoms with van der Waals surface area (Å²) < 4.78 is 0. The molecule has 0 unspecified atom stereocenters. The summed E-state index contributed by atoms with van der Waals surface area (Å²) in [5, 5.41) is 2.98. The van der Waals surface area contributed by atoms with Crippen LogP contribution in [0.1, 0.15) is 35.7 Å². The highest BCUT2D eigenvalue weighted by Gasteiger charge is 2.37. The first-order chi connectivity index (χ1) is 8.04. The zero-order valence-corrected chi connectivity index (χ0v) is 10.3. The van der Waals surface area contributed by atoms with Crippen LogP contribution in [0.2, 0.25) is 0 Å². The fraction of sp³-hybridized carbons (Fsp3) is 0.462. The standard InChI is InChI=1S/C13H19N3O/c1-9-7-10(3-4-11(9)16-14)12(17)15-8-13(2)5-6-13/h3-4,7,16H,5-6,8,14H2,1-2H3,(H,15,17). The predicted molar refractivity (Wildman–Crippen MR) is 68.7 cm³/mol. The second kappa shape index (κ2) is 4.37. The summed E-state index contributed by atoms with van der Waals surface area (Å²) in [5.74, 6) is 5.34. The van der Waals surface area contributed by atoms with Gasteiger partial charge in [-0.05, 0) is 48.9 Å². The molecule has 0 radical (unpaired) electrons. The van der Waals surface area contributed by atoms with Crippen molar-refractivity contribution in [1.82, 2.24) is 5.32 Å². The molecule has 92 valence electrons. The number of hydrogen-bond acceptors (Lipinski definition) is 3. The van der Waals surface area contributed by atoms with Gasteiger partial charge in [0.25, 0.3) is 5.91 Å². The minimum atomic E-state index is -0.00945. The molecule has 4 N–H and O–H groups in total. The predicted octanol–water partition coefficient (Wildman–Crippen LogP) is 1.81. The maximum absolute atomic E-state index is 11.9. The third-order valence-corrected chi connectivity index (χ3v) is 3.42. The zero-order chi connectivity index (χ0) is 12.5. The average molecular weight is 233 g/mol. The van der Waals surface area contributed by atoms with Crippen LogP contribution in [0.5, 0.6) is 0 Å². The van der Waals surface area contributed by atoms with Crippen molar-refractivity contribution < 1.29 is 4.79 Å². The fourth-order valence-corrected chi connectivity index (χ4v) is 1.75. The molecule has 1 fully saturated rings. The lowest BCUT2D eigenvalue weighted by Crippen LogP contribution is -2.29. The number of anilines is 1. The Bertz CT molecular complexity index is 438. The first-order valence-corrected chi connectivity index (χ1v) is 5.90. The summed E-state index contributed by atoms with van der Waals surface area (Å²) in [5.41, 5.74) is 5.43. The molecule has 0 aromatic heterocycles. The number of rotatable bonds is 4. The second-order valence-electron chi connectivity index (χ2n) is 5.17. The number of hydrogen-bond donors (Lipinski definition) is 3. The molecule has 1 aliphatic carbocycles. The summed E-state index contributed by atoms with van der Waals surface area (Å²) in [4.78, 5) is 11.9. The highest BCUT2D eigenvalue weighted by molar-refractivity contribution is 5.94. The van der Waals surface area contributed by atoms with Gasteiger partial charge in [0, 0.05) is 12.1 Å². The number of carbonyl (C=O) groups is 1. The number of amides is 1. The smallest absolute Gasteiger partial charge is 0.251 e. The van der Waals surface area contributed by atoms with Gasteiger partial charge in [-0.3, -0.25) is 10.6 Å². The van der Waals surface area contributed by atoms with E-state index in [1.54, 1.807) is 6.07 Å². The van der Waals surface area contributed by atoms with Gasteiger partial charge in [0.15, 0.2) is 0 Å². The van der Waals surface area contributed by atoms with E-state index in [9.17, 15) is 4.79 Å². The lowest BCUT2D eigenvalue weighted by atomic mass is 10.1. The maximum atomic E-state index is 11.9. The van der Waals surface area contributed by atoms with Crippen molar-refractivity contribution in [2.45, 2.75) is 26.7 Å². The second-order valence-corrected chi connectivity index (χ2v) is 5.17. The molecule has 4 heteroatoms. The Balaban J connectivity index is 2.01. The maximum Gasteiger partial charge on any atom is 0.251 e. The number of nitrogens with two attached hydrogens (primary N) is 1. The van der Waals surface area contributed by atoms with Crippen LogP contribution in [-0.2, 0) is 0 Å². The van der Waals surface area contributed by atoms with Crippen molar-refractivity contribution in [2.75, 3.05) is 12.0 Å². The number of nitrogens with one attached hydrogen (secondary N) is 2. The van der Waals surface area contributed by atoms with Gasteiger partial charge in [0.05, 0.1) is 5.69 Å². The Morgan fingerprint density at radius 1 is 1.47 bits per heavy atom. The molecule has 4 nitrogen and oxygen atoms in total. The van der Waals surface area contributed by atoms with Crippen LogP contribution in [0.4, 0.5) is 5.69 Å². The van der Waals surface area contributed by atoms with Crippen molar-refractivity contribution >= 4 is 11.6 Å². The summed E-state index contributed by atoms with van der Waals surface area (Å²) in [6, 6.07) is 5.45. The highest BCUT2D eigenvalue weighted by atomic mass is 16.1. The lowest BCUT2D eigenvalue weighted by molar-refractivity contribution is 0.0946. The van der Waals surface area contributed by atoms with E-state index in [4.69, 9.17) is 5.84 Å². The number of carbonyl (C=O) groups excluding carboxylic acids is 1. The third-order valence-electron chi connectivity index (χ3n) is 3.42. The molecular weight excluding hydrogens is 214 g/mol. The number of hydrazine groups is 1. The van der Waals surface area contributed by atoms with E-state index < -0.39 is 0 Å². The van der Waals surface area contributed by atoms with Gasteiger partial charge in [-0.15, -0.1) is 0 Å². The molecule has 1 aromatic carbocycles. The Morgan fingerprint density at radius 2 is 2.18 bits per heavy atom. The molecule has 0 heterocycles. The van der Waals surface area contributed by atoms with Crippen LogP contribution < -0.4 is 16.6 Å². The van der Waals surface area contributed by atoms with Gasteiger partial charge in [0.2, 0.25) is 0 Å². The molecule has 1 saturated carbocycles. The van der Waals surface area contributed by atoms with Crippen molar-refractivity contribution in [1.29, 1.82) is 0 Å². The van der Waals surface area contributed by atoms with E-state index in [0.29, 0.717) is 11.0 Å². The lowest BCUT2D eigenvalue weighted by Gasteiger charge is -2.11. The molecular formula is C13H19N3O. The van der Waals surface area contributed by atoms with Crippen molar-refractivity contribution in [3.8, 4) is 0 Å².